The molecule has 9 nitrogen and oxygen atoms in total. The smallest absolute Gasteiger partial charge is 0.264 e. The molecular weight excluding hydrogens is 605 g/mol. The SMILES string of the molecule is CCOc1ccc(N(CC(=O)Nc2ccc(S(=O)(=O)Nc3cc(Cl)ccc3C)cc2)S(=O)(=O)c2ccc(F)cc2)cc1. The number of anilines is 3. The summed E-state index contributed by atoms with van der Waals surface area (Å²) >= 11 is 5.99. The minimum absolute atomic E-state index is 0.0604. The number of benzene rings is 4. The fourth-order valence-electron chi connectivity index (χ4n) is 3.88. The van der Waals surface area contributed by atoms with Crippen LogP contribution in [0.3, 0.4) is 0 Å². The van der Waals surface area contributed by atoms with Crippen LogP contribution in [0, 0.1) is 12.7 Å². The number of ether oxygens (including phenoxy) is 1. The van der Waals surface area contributed by atoms with Crippen LogP contribution in [0.4, 0.5) is 21.5 Å². The Kier molecular flexibility index (Phi) is 9.40. The number of rotatable bonds is 11. The zero-order valence-corrected chi connectivity index (χ0v) is 24.9. The van der Waals surface area contributed by atoms with E-state index in [1.807, 2.05) is 6.92 Å². The van der Waals surface area contributed by atoms with Gasteiger partial charge in [-0.05, 0) is 104 Å². The Labute approximate surface area is 249 Å². The van der Waals surface area contributed by atoms with Gasteiger partial charge < -0.3 is 10.1 Å². The summed E-state index contributed by atoms with van der Waals surface area (Å²) in [6.45, 7) is 3.33. The second-order valence-electron chi connectivity index (χ2n) is 9.03. The molecule has 0 aliphatic carbocycles. The number of nitrogens with zero attached hydrogens (tertiary/aromatic N) is 1. The number of amides is 1. The third-order valence-electron chi connectivity index (χ3n) is 6.02. The molecule has 0 atom stereocenters. The summed E-state index contributed by atoms with van der Waals surface area (Å²) in [6, 6.07) is 20.6. The van der Waals surface area contributed by atoms with E-state index in [0.717, 1.165) is 28.6 Å². The topological polar surface area (TPSA) is 122 Å². The van der Waals surface area contributed by atoms with Crippen molar-refractivity contribution in [2.24, 2.45) is 0 Å². The molecule has 0 unspecified atom stereocenters. The molecule has 4 rings (SSSR count). The first-order chi connectivity index (χ1) is 19.9. The van der Waals surface area contributed by atoms with Gasteiger partial charge in [0.05, 0.1) is 27.8 Å². The van der Waals surface area contributed by atoms with Gasteiger partial charge in [-0.3, -0.25) is 13.8 Å². The Morgan fingerprint density at radius 3 is 2.12 bits per heavy atom. The van der Waals surface area contributed by atoms with Crippen LogP contribution in [0.5, 0.6) is 5.75 Å². The number of sulfonamides is 2. The molecule has 1 amide bonds. The van der Waals surface area contributed by atoms with E-state index >= 15 is 0 Å². The Morgan fingerprint density at radius 1 is 0.881 bits per heavy atom. The van der Waals surface area contributed by atoms with Gasteiger partial charge in [0.1, 0.15) is 18.1 Å². The molecule has 0 saturated heterocycles. The van der Waals surface area contributed by atoms with E-state index in [4.69, 9.17) is 16.3 Å². The molecule has 0 aliphatic rings. The van der Waals surface area contributed by atoms with Crippen LogP contribution >= 0.6 is 11.6 Å². The van der Waals surface area contributed by atoms with Crippen molar-refractivity contribution in [1.29, 1.82) is 0 Å². The van der Waals surface area contributed by atoms with Crippen LogP contribution in [-0.2, 0) is 24.8 Å². The van der Waals surface area contributed by atoms with Crippen molar-refractivity contribution < 1.29 is 30.8 Å². The van der Waals surface area contributed by atoms with Gasteiger partial charge >= 0.3 is 0 Å². The number of nitrogens with one attached hydrogen (secondary N) is 2. The Morgan fingerprint density at radius 2 is 1.50 bits per heavy atom. The van der Waals surface area contributed by atoms with Crippen LogP contribution in [0.1, 0.15) is 12.5 Å². The van der Waals surface area contributed by atoms with Crippen molar-refractivity contribution in [2.75, 3.05) is 27.5 Å². The summed E-state index contributed by atoms with van der Waals surface area (Å²) in [5.74, 6) is -0.791. The molecule has 0 aromatic heterocycles. The molecule has 0 radical (unpaired) electrons. The van der Waals surface area contributed by atoms with E-state index in [1.165, 1.54) is 42.5 Å². The van der Waals surface area contributed by atoms with Crippen molar-refractivity contribution in [3.05, 3.63) is 107 Å². The van der Waals surface area contributed by atoms with Crippen molar-refractivity contribution in [3.63, 3.8) is 0 Å². The molecule has 42 heavy (non-hydrogen) atoms. The monoisotopic (exact) mass is 631 g/mol. The molecule has 220 valence electrons. The molecule has 0 bridgehead atoms. The molecule has 0 spiro atoms. The maximum atomic E-state index is 13.5. The normalized spacial score (nSPS) is 11.5. The van der Waals surface area contributed by atoms with Gasteiger partial charge in [0.2, 0.25) is 5.91 Å². The average Bonchev–Trinajstić information content (AvgIpc) is 2.95. The second kappa shape index (κ2) is 12.8. The highest BCUT2D eigenvalue weighted by molar-refractivity contribution is 7.93. The molecule has 0 aliphatic heterocycles. The summed E-state index contributed by atoms with van der Waals surface area (Å²) in [7, 11) is -8.24. The lowest BCUT2D eigenvalue weighted by Gasteiger charge is -2.24. The summed E-state index contributed by atoms with van der Waals surface area (Å²) in [5, 5.41) is 2.96. The maximum Gasteiger partial charge on any atom is 0.264 e. The summed E-state index contributed by atoms with van der Waals surface area (Å²) in [6.07, 6.45) is 0. The first-order valence-electron chi connectivity index (χ1n) is 12.6. The van der Waals surface area contributed by atoms with Gasteiger partial charge in [0, 0.05) is 10.7 Å². The van der Waals surface area contributed by atoms with Crippen LogP contribution in [-0.4, -0.2) is 35.9 Å². The van der Waals surface area contributed by atoms with Gasteiger partial charge in [-0.1, -0.05) is 17.7 Å². The van der Waals surface area contributed by atoms with Crippen LogP contribution in [0.15, 0.2) is 101 Å². The molecule has 0 saturated carbocycles. The number of carbonyl (C=O) groups excluding carboxylic acids is 1. The number of hydrogen-bond acceptors (Lipinski definition) is 6. The highest BCUT2D eigenvalue weighted by Gasteiger charge is 2.27. The van der Waals surface area contributed by atoms with Gasteiger partial charge in [-0.2, -0.15) is 0 Å². The van der Waals surface area contributed by atoms with Crippen molar-refractivity contribution in [1.82, 2.24) is 0 Å². The Bertz CT molecular complexity index is 1780. The van der Waals surface area contributed by atoms with Crippen LogP contribution in [0.25, 0.3) is 0 Å². The van der Waals surface area contributed by atoms with E-state index in [9.17, 15) is 26.0 Å². The van der Waals surface area contributed by atoms with Gasteiger partial charge in [-0.15, -0.1) is 0 Å². The minimum atomic E-state index is -4.28. The lowest BCUT2D eigenvalue weighted by molar-refractivity contribution is -0.114. The van der Waals surface area contributed by atoms with Gasteiger partial charge in [0.15, 0.2) is 0 Å². The zero-order valence-electron chi connectivity index (χ0n) is 22.5. The van der Waals surface area contributed by atoms with E-state index < -0.39 is 38.3 Å². The number of hydrogen-bond donors (Lipinski definition) is 2. The fourth-order valence-corrected chi connectivity index (χ4v) is 6.60. The standard InChI is InChI=1S/C29H27ClFN3O6S2/c1-3-40-25-12-10-24(11-13-25)34(42(38,39)27-14-6-22(31)7-15-27)19-29(35)32-23-8-16-26(17-9-23)41(36,37)33-28-18-21(30)5-4-20(28)2/h4-18,33H,3,19H2,1-2H3,(H,32,35). The predicted octanol–water partition coefficient (Wildman–Crippen LogP) is 5.82. The first-order valence-corrected chi connectivity index (χ1v) is 15.9. The first kappa shape index (κ1) is 30.8. The quantitative estimate of drug-likeness (QED) is 0.215. The largest absolute Gasteiger partial charge is 0.494 e. The summed E-state index contributed by atoms with van der Waals surface area (Å²) < 4.78 is 75.1. The van der Waals surface area contributed by atoms with E-state index in [-0.39, 0.29) is 21.2 Å². The number of aryl methyl sites for hydroxylation is 1. The number of halogens is 2. The average molecular weight is 632 g/mol. The summed E-state index contributed by atoms with van der Waals surface area (Å²) in [5.41, 5.74) is 1.43. The number of carbonyl (C=O) groups is 1. The fraction of sp³-hybridized carbons (Fsp3) is 0.138. The van der Waals surface area contributed by atoms with Crippen LogP contribution < -0.4 is 19.1 Å². The lowest BCUT2D eigenvalue weighted by Crippen LogP contribution is -2.38. The molecule has 4 aromatic rings. The molecular formula is C29H27ClFN3O6S2. The molecule has 0 heterocycles. The lowest BCUT2D eigenvalue weighted by atomic mass is 10.2. The third kappa shape index (κ3) is 7.38. The predicted molar refractivity (Wildman–Crippen MR) is 161 cm³/mol. The molecule has 0 fully saturated rings. The van der Waals surface area contributed by atoms with Crippen LogP contribution in [0.2, 0.25) is 5.02 Å². The Balaban J connectivity index is 1.54. The van der Waals surface area contributed by atoms with Gasteiger partial charge in [-0.25, -0.2) is 21.2 Å². The zero-order chi connectivity index (χ0) is 30.5. The van der Waals surface area contributed by atoms with Crippen molar-refractivity contribution >= 4 is 54.6 Å². The van der Waals surface area contributed by atoms with Gasteiger partial charge in [0.25, 0.3) is 20.0 Å². The molecule has 2 N–H and O–H groups in total. The van der Waals surface area contributed by atoms with E-state index in [0.29, 0.717) is 28.6 Å². The second-order valence-corrected chi connectivity index (χ2v) is 13.0. The Hall–Kier alpha value is -4.13. The maximum absolute atomic E-state index is 13.5. The minimum Gasteiger partial charge on any atom is -0.494 e. The van der Waals surface area contributed by atoms with E-state index in [2.05, 4.69) is 10.0 Å². The van der Waals surface area contributed by atoms with Crippen molar-refractivity contribution in [2.45, 2.75) is 23.6 Å². The highest BCUT2D eigenvalue weighted by atomic mass is 35.5. The molecule has 13 heteroatoms. The third-order valence-corrected chi connectivity index (χ3v) is 9.42. The highest BCUT2D eigenvalue weighted by Crippen LogP contribution is 2.27. The summed E-state index contributed by atoms with van der Waals surface area (Å²) in [4.78, 5) is 12.8. The van der Waals surface area contributed by atoms with Crippen molar-refractivity contribution in [3.8, 4) is 5.75 Å². The molecule has 4 aromatic carbocycles. The van der Waals surface area contributed by atoms with E-state index in [1.54, 1.807) is 31.2 Å².